The Morgan fingerprint density at radius 3 is 2.76 bits per heavy atom. The van der Waals surface area contributed by atoms with E-state index in [9.17, 15) is 9.18 Å². The summed E-state index contributed by atoms with van der Waals surface area (Å²) in [6.45, 7) is 1.98. The molecule has 0 aliphatic rings. The monoisotopic (exact) mass is 493 g/mol. The predicted molar refractivity (Wildman–Crippen MR) is 127 cm³/mol. The molecule has 1 aromatic heterocycles. The molecule has 0 unspecified atom stereocenters. The van der Waals surface area contributed by atoms with Crippen molar-refractivity contribution in [1.29, 1.82) is 0 Å². The van der Waals surface area contributed by atoms with Crippen LogP contribution in [0.15, 0.2) is 52.8 Å². The van der Waals surface area contributed by atoms with Crippen LogP contribution in [0.2, 0.25) is 5.02 Å². The van der Waals surface area contributed by atoms with Gasteiger partial charge in [-0.3, -0.25) is 0 Å². The maximum Gasteiger partial charge on any atom is 0.329 e. The van der Waals surface area contributed by atoms with E-state index in [0.29, 0.717) is 42.7 Å². The number of carboxylic acids is 1. The van der Waals surface area contributed by atoms with Crippen LogP contribution in [0.4, 0.5) is 10.1 Å². The van der Waals surface area contributed by atoms with Gasteiger partial charge >= 0.3 is 5.97 Å². The first-order chi connectivity index (χ1) is 16.0. The van der Waals surface area contributed by atoms with Crippen molar-refractivity contribution in [3.63, 3.8) is 0 Å². The minimum atomic E-state index is -0.981. The van der Waals surface area contributed by atoms with Crippen molar-refractivity contribution in [3.05, 3.63) is 63.5 Å². The Balaban J connectivity index is 1.78. The lowest BCUT2D eigenvalue weighted by atomic mass is 10.1. The molecule has 0 aliphatic heterocycles. The number of hydrogen-bond donors (Lipinski definition) is 2. The lowest BCUT2D eigenvalue weighted by Crippen LogP contribution is -2.24. The summed E-state index contributed by atoms with van der Waals surface area (Å²) in [5.74, 6) is -0.690. The van der Waals surface area contributed by atoms with E-state index in [1.165, 1.54) is 23.5 Å². The number of thiazole rings is 1. The van der Waals surface area contributed by atoms with Gasteiger partial charge in [0.15, 0.2) is 4.80 Å². The van der Waals surface area contributed by atoms with Crippen LogP contribution >= 0.6 is 22.9 Å². The third-order valence-corrected chi connectivity index (χ3v) is 5.78. The van der Waals surface area contributed by atoms with Gasteiger partial charge in [-0.15, -0.1) is 11.3 Å². The average molecular weight is 494 g/mol. The van der Waals surface area contributed by atoms with Gasteiger partial charge in [0.1, 0.15) is 23.9 Å². The lowest BCUT2D eigenvalue weighted by Gasteiger charge is -2.11. The first kappa shape index (κ1) is 24.9. The Bertz CT molecular complexity index is 1130. The number of nitrogens with zero attached hydrogens (tertiary/aromatic N) is 2. The topological polar surface area (TPSA) is 85.1 Å². The van der Waals surface area contributed by atoms with Crippen molar-refractivity contribution >= 4 is 34.6 Å². The molecule has 0 bridgehead atoms. The third-order valence-electron chi connectivity index (χ3n) is 4.68. The van der Waals surface area contributed by atoms with E-state index in [1.807, 2.05) is 11.4 Å². The van der Waals surface area contributed by atoms with Crippen LogP contribution in [0.25, 0.3) is 11.3 Å². The van der Waals surface area contributed by atoms with Crippen molar-refractivity contribution in [3.8, 4) is 17.0 Å². The maximum absolute atomic E-state index is 13.4. The van der Waals surface area contributed by atoms with E-state index in [0.717, 1.165) is 22.5 Å². The Morgan fingerprint density at radius 1 is 1.24 bits per heavy atom. The van der Waals surface area contributed by atoms with E-state index in [4.69, 9.17) is 31.2 Å². The van der Waals surface area contributed by atoms with Crippen molar-refractivity contribution in [1.82, 2.24) is 9.88 Å². The summed E-state index contributed by atoms with van der Waals surface area (Å²) in [6.07, 6.45) is 0.800. The molecule has 0 radical (unpaired) electrons. The van der Waals surface area contributed by atoms with Crippen LogP contribution in [-0.2, 0) is 16.1 Å². The molecular formula is C23H25ClFN3O4S. The number of carboxylic acid groups (broad SMARTS) is 1. The van der Waals surface area contributed by atoms with Gasteiger partial charge in [0, 0.05) is 29.6 Å². The largest absolute Gasteiger partial charge is 0.494 e. The SMILES string of the molecule is COc1cc(Cl)ccc1N=c1scc(-c2ccc(F)cc2)n1CCCNCCOCC(=O)O. The normalized spacial score (nSPS) is 11.7. The Labute approximate surface area is 200 Å². The summed E-state index contributed by atoms with van der Waals surface area (Å²) in [7, 11) is 1.57. The van der Waals surface area contributed by atoms with Gasteiger partial charge in [-0.1, -0.05) is 11.6 Å². The van der Waals surface area contributed by atoms with Crippen LogP contribution in [-0.4, -0.2) is 49.1 Å². The zero-order valence-corrected chi connectivity index (χ0v) is 19.7. The summed E-state index contributed by atoms with van der Waals surface area (Å²) in [5, 5.41) is 14.4. The summed E-state index contributed by atoms with van der Waals surface area (Å²) < 4.78 is 26.0. The Morgan fingerprint density at radius 2 is 2.03 bits per heavy atom. The molecule has 1 heterocycles. The molecule has 176 valence electrons. The molecule has 0 spiro atoms. The fraction of sp³-hybridized carbons (Fsp3) is 0.304. The second-order valence-electron chi connectivity index (χ2n) is 7.04. The molecular weight excluding hydrogens is 469 g/mol. The molecule has 0 aliphatic carbocycles. The fourth-order valence-corrected chi connectivity index (χ4v) is 4.23. The first-order valence-electron chi connectivity index (χ1n) is 10.3. The number of nitrogens with one attached hydrogen (secondary N) is 1. The second kappa shape index (κ2) is 12.5. The first-order valence-corrected chi connectivity index (χ1v) is 11.6. The van der Waals surface area contributed by atoms with Crippen LogP contribution in [0.1, 0.15) is 6.42 Å². The second-order valence-corrected chi connectivity index (χ2v) is 8.31. The quantitative estimate of drug-likeness (QED) is 0.367. The number of aliphatic carboxylic acids is 1. The highest BCUT2D eigenvalue weighted by atomic mass is 35.5. The minimum Gasteiger partial charge on any atom is -0.494 e. The number of halogens is 2. The highest BCUT2D eigenvalue weighted by Crippen LogP contribution is 2.30. The smallest absolute Gasteiger partial charge is 0.329 e. The van der Waals surface area contributed by atoms with Crippen molar-refractivity contribution in [2.45, 2.75) is 13.0 Å². The molecule has 33 heavy (non-hydrogen) atoms. The molecule has 3 aromatic rings. The van der Waals surface area contributed by atoms with Crippen LogP contribution in [0.5, 0.6) is 5.75 Å². The van der Waals surface area contributed by atoms with Gasteiger partial charge < -0.3 is 24.5 Å². The molecule has 0 fully saturated rings. The molecule has 0 amide bonds. The molecule has 7 nitrogen and oxygen atoms in total. The van der Waals surface area contributed by atoms with Gasteiger partial charge in [0.2, 0.25) is 0 Å². The number of hydrogen-bond acceptors (Lipinski definition) is 6. The molecule has 2 N–H and O–H groups in total. The number of carbonyl (C=O) groups is 1. The standard InChI is InChI=1S/C23H25ClFN3O4S/c1-31-21-13-17(24)5-8-19(21)27-23-28(11-2-9-26-10-12-32-14-22(29)30)20(15-33-23)16-3-6-18(25)7-4-16/h3-8,13,15,26H,2,9-12,14H2,1H3,(H,29,30). The highest BCUT2D eigenvalue weighted by Gasteiger charge is 2.10. The molecule has 0 atom stereocenters. The fourth-order valence-electron chi connectivity index (χ4n) is 3.12. The number of ether oxygens (including phenoxy) is 2. The molecule has 3 rings (SSSR count). The van der Waals surface area contributed by atoms with Crippen molar-refractivity contribution in [2.75, 3.05) is 33.4 Å². The van der Waals surface area contributed by atoms with Gasteiger partial charge in [-0.05, 0) is 54.9 Å². The Kier molecular flexibility index (Phi) is 9.44. The van der Waals surface area contributed by atoms with Crippen LogP contribution in [0.3, 0.4) is 0 Å². The van der Waals surface area contributed by atoms with Gasteiger partial charge in [-0.2, -0.15) is 0 Å². The summed E-state index contributed by atoms with van der Waals surface area (Å²) in [4.78, 5) is 16.0. The summed E-state index contributed by atoms with van der Waals surface area (Å²) in [5.41, 5.74) is 2.50. The van der Waals surface area contributed by atoms with Crippen molar-refractivity contribution in [2.24, 2.45) is 4.99 Å². The molecule has 10 heteroatoms. The third kappa shape index (κ3) is 7.40. The van der Waals surface area contributed by atoms with Crippen LogP contribution in [0, 0.1) is 5.82 Å². The highest BCUT2D eigenvalue weighted by molar-refractivity contribution is 7.07. The Hall–Kier alpha value is -2.72. The van der Waals surface area contributed by atoms with E-state index < -0.39 is 5.97 Å². The number of methoxy groups -OCH3 is 1. The zero-order chi connectivity index (χ0) is 23.6. The minimum absolute atomic E-state index is 0.286. The lowest BCUT2D eigenvalue weighted by molar-refractivity contribution is -0.142. The van der Waals surface area contributed by atoms with E-state index in [-0.39, 0.29) is 12.4 Å². The maximum atomic E-state index is 13.4. The summed E-state index contributed by atoms with van der Waals surface area (Å²) >= 11 is 7.56. The average Bonchev–Trinajstić information content (AvgIpc) is 3.19. The summed E-state index contributed by atoms with van der Waals surface area (Å²) in [6, 6.07) is 11.7. The van der Waals surface area contributed by atoms with Crippen LogP contribution < -0.4 is 14.9 Å². The predicted octanol–water partition coefficient (Wildman–Crippen LogP) is 4.33. The number of benzene rings is 2. The molecule has 2 aromatic carbocycles. The van der Waals surface area contributed by atoms with E-state index in [2.05, 4.69) is 9.88 Å². The molecule has 0 saturated heterocycles. The van der Waals surface area contributed by atoms with Gasteiger partial charge in [-0.25, -0.2) is 14.2 Å². The van der Waals surface area contributed by atoms with Gasteiger partial charge in [0.25, 0.3) is 0 Å². The molecule has 0 saturated carbocycles. The number of rotatable bonds is 12. The van der Waals surface area contributed by atoms with E-state index in [1.54, 1.807) is 31.4 Å². The zero-order valence-electron chi connectivity index (χ0n) is 18.1. The van der Waals surface area contributed by atoms with Crippen molar-refractivity contribution < 1.29 is 23.8 Å². The van der Waals surface area contributed by atoms with E-state index >= 15 is 0 Å². The number of aromatic nitrogens is 1. The van der Waals surface area contributed by atoms with Gasteiger partial charge in [0.05, 0.1) is 19.4 Å².